The molecular weight excluding hydrogens is 328 g/mol. The van der Waals surface area contributed by atoms with E-state index in [1.54, 1.807) is 34.9 Å². The van der Waals surface area contributed by atoms with E-state index in [9.17, 15) is 4.79 Å². The molecule has 0 unspecified atom stereocenters. The highest BCUT2D eigenvalue weighted by molar-refractivity contribution is 6.31. The normalized spacial score (nSPS) is 10.9. The van der Waals surface area contributed by atoms with Crippen LogP contribution in [0.1, 0.15) is 30.5 Å². The number of aromatic nitrogens is 4. The molecular formula is C16H19ClN6O. The summed E-state index contributed by atoms with van der Waals surface area (Å²) in [6.45, 7) is 2.55. The first-order chi connectivity index (χ1) is 11.5. The number of hydrogen-bond donors (Lipinski definition) is 1. The van der Waals surface area contributed by atoms with Crippen molar-refractivity contribution in [3.8, 4) is 6.07 Å². The van der Waals surface area contributed by atoms with Gasteiger partial charge in [-0.2, -0.15) is 15.5 Å². The van der Waals surface area contributed by atoms with Crippen LogP contribution in [0.15, 0.2) is 18.5 Å². The molecule has 0 bridgehead atoms. The monoisotopic (exact) mass is 346 g/mol. The van der Waals surface area contributed by atoms with Crippen molar-refractivity contribution < 1.29 is 4.79 Å². The molecule has 0 saturated carbocycles. The molecule has 8 heteroatoms. The van der Waals surface area contributed by atoms with E-state index in [-0.39, 0.29) is 5.91 Å². The Morgan fingerprint density at radius 2 is 2.29 bits per heavy atom. The SMILES string of the molecule is Cc1nn(C)c(Cl)c1/C=C/C(=O)Nc1cnn(CCCCC#N)c1. The minimum absolute atomic E-state index is 0.265. The number of nitriles is 1. The van der Waals surface area contributed by atoms with Crippen LogP contribution < -0.4 is 5.32 Å². The lowest BCUT2D eigenvalue weighted by atomic mass is 10.2. The van der Waals surface area contributed by atoms with Crippen molar-refractivity contribution in [2.75, 3.05) is 5.32 Å². The van der Waals surface area contributed by atoms with Crippen molar-refractivity contribution in [2.45, 2.75) is 32.7 Å². The predicted octanol–water partition coefficient (Wildman–Crippen LogP) is 2.92. The largest absolute Gasteiger partial charge is 0.320 e. The van der Waals surface area contributed by atoms with E-state index in [0.717, 1.165) is 30.6 Å². The maximum atomic E-state index is 12.0. The van der Waals surface area contributed by atoms with Gasteiger partial charge in [-0.25, -0.2) is 0 Å². The van der Waals surface area contributed by atoms with Gasteiger partial charge in [0.05, 0.1) is 23.6 Å². The summed E-state index contributed by atoms with van der Waals surface area (Å²) in [6, 6.07) is 2.11. The Morgan fingerprint density at radius 1 is 1.50 bits per heavy atom. The molecule has 2 heterocycles. The highest BCUT2D eigenvalue weighted by Crippen LogP contribution is 2.20. The third-order valence-electron chi connectivity index (χ3n) is 3.42. The van der Waals surface area contributed by atoms with Crippen molar-refractivity contribution in [1.82, 2.24) is 19.6 Å². The first-order valence-electron chi connectivity index (χ1n) is 7.59. The van der Waals surface area contributed by atoms with Gasteiger partial charge in [0.25, 0.3) is 0 Å². The summed E-state index contributed by atoms with van der Waals surface area (Å²) < 4.78 is 3.31. The average molecular weight is 347 g/mol. The second kappa shape index (κ2) is 8.31. The zero-order valence-electron chi connectivity index (χ0n) is 13.7. The fourth-order valence-corrected chi connectivity index (χ4v) is 2.44. The summed E-state index contributed by atoms with van der Waals surface area (Å²) >= 11 is 6.12. The van der Waals surface area contributed by atoms with Crippen LogP contribution in [0, 0.1) is 18.3 Å². The van der Waals surface area contributed by atoms with Crippen LogP contribution in [-0.2, 0) is 18.4 Å². The number of rotatable bonds is 7. The molecule has 2 aromatic heterocycles. The van der Waals surface area contributed by atoms with Crippen molar-refractivity contribution in [2.24, 2.45) is 7.05 Å². The van der Waals surface area contributed by atoms with Crippen LogP contribution in [0.25, 0.3) is 6.08 Å². The van der Waals surface area contributed by atoms with Gasteiger partial charge >= 0.3 is 0 Å². The van der Waals surface area contributed by atoms with Gasteiger partial charge in [-0.3, -0.25) is 14.2 Å². The Labute approximate surface area is 145 Å². The van der Waals surface area contributed by atoms with Crippen molar-refractivity contribution in [3.63, 3.8) is 0 Å². The van der Waals surface area contributed by atoms with E-state index < -0.39 is 0 Å². The molecule has 0 spiro atoms. The molecule has 0 fully saturated rings. The van der Waals surface area contributed by atoms with E-state index in [4.69, 9.17) is 16.9 Å². The van der Waals surface area contributed by atoms with Gasteiger partial charge < -0.3 is 5.32 Å². The lowest BCUT2D eigenvalue weighted by Gasteiger charge is -1.99. The summed E-state index contributed by atoms with van der Waals surface area (Å²) in [5, 5.41) is 20.1. The summed E-state index contributed by atoms with van der Waals surface area (Å²) in [7, 11) is 1.75. The van der Waals surface area contributed by atoms with E-state index in [0.29, 0.717) is 17.3 Å². The molecule has 24 heavy (non-hydrogen) atoms. The maximum Gasteiger partial charge on any atom is 0.248 e. The number of nitrogens with one attached hydrogen (secondary N) is 1. The van der Waals surface area contributed by atoms with Crippen LogP contribution >= 0.6 is 11.6 Å². The van der Waals surface area contributed by atoms with E-state index in [2.05, 4.69) is 21.6 Å². The molecule has 0 aliphatic heterocycles. The zero-order valence-corrected chi connectivity index (χ0v) is 14.4. The minimum atomic E-state index is -0.265. The van der Waals surface area contributed by atoms with Gasteiger partial charge in [-0.05, 0) is 25.8 Å². The molecule has 1 amide bonds. The third-order valence-corrected chi connectivity index (χ3v) is 3.87. The molecule has 0 atom stereocenters. The molecule has 126 valence electrons. The highest BCUT2D eigenvalue weighted by atomic mass is 35.5. The van der Waals surface area contributed by atoms with Crippen molar-refractivity contribution >= 4 is 29.3 Å². The maximum absolute atomic E-state index is 12.0. The second-order valence-electron chi connectivity index (χ2n) is 5.34. The summed E-state index contributed by atoms with van der Waals surface area (Å²) in [5.41, 5.74) is 2.11. The fourth-order valence-electron chi connectivity index (χ4n) is 2.21. The quantitative estimate of drug-likeness (QED) is 0.616. The van der Waals surface area contributed by atoms with Crippen LogP contribution in [-0.4, -0.2) is 25.5 Å². The van der Waals surface area contributed by atoms with Gasteiger partial charge in [0.2, 0.25) is 5.91 Å². The average Bonchev–Trinajstić information content (AvgIpc) is 3.07. The molecule has 0 aliphatic carbocycles. The van der Waals surface area contributed by atoms with Crippen molar-refractivity contribution in [3.05, 3.63) is 34.9 Å². The van der Waals surface area contributed by atoms with Crippen LogP contribution in [0.4, 0.5) is 5.69 Å². The molecule has 0 radical (unpaired) electrons. The van der Waals surface area contributed by atoms with E-state index in [1.165, 1.54) is 6.08 Å². The smallest absolute Gasteiger partial charge is 0.248 e. The summed E-state index contributed by atoms with van der Waals surface area (Å²) in [6.07, 6.45) is 8.69. The minimum Gasteiger partial charge on any atom is -0.320 e. The molecule has 0 aliphatic rings. The number of nitrogens with zero attached hydrogens (tertiary/aromatic N) is 5. The van der Waals surface area contributed by atoms with Gasteiger partial charge in [-0.1, -0.05) is 11.6 Å². The molecule has 7 nitrogen and oxygen atoms in total. The van der Waals surface area contributed by atoms with Gasteiger partial charge in [0.1, 0.15) is 5.15 Å². The Morgan fingerprint density at radius 3 is 2.96 bits per heavy atom. The number of unbranched alkanes of at least 4 members (excludes halogenated alkanes) is 2. The Balaban J connectivity index is 1.89. The van der Waals surface area contributed by atoms with E-state index >= 15 is 0 Å². The third kappa shape index (κ3) is 4.70. The molecule has 2 rings (SSSR count). The highest BCUT2D eigenvalue weighted by Gasteiger charge is 2.08. The topological polar surface area (TPSA) is 88.5 Å². The first kappa shape index (κ1) is 17.8. The molecule has 0 aromatic carbocycles. The predicted molar refractivity (Wildman–Crippen MR) is 92.3 cm³/mol. The molecule has 2 aromatic rings. The van der Waals surface area contributed by atoms with Gasteiger partial charge in [0.15, 0.2) is 0 Å². The van der Waals surface area contributed by atoms with Gasteiger partial charge in [0, 0.05) is 37.8 Å². The standard InChI is InChI=1S/C16H19ClN6O/c1-12-14(16(17)22(2)21-12)6-7-15(24)20-13-10-19-23(11-13)9-5-3-4-8-18/h6-7,10-11H,3-5,9H2,1-2H3,(H,20,24)/b7-6+. The Kier molecular flexibility index (Phi) is 6.15. The van der Waals surface area contributed by atoms with Gasteiger partial charge in [-0.15, -0.1) is 0 Å². The lowest BCUT2D eigenvalue weighted by Crippen LogP contribution is -2.07. The first-order valence-corrected chi connectivity index (χ1v) is 7.96. The van der Waals surface area contributed by atoms with Crippen LogP contribution in [0.2, 0.25) is 5.15 Å². The number of carbonyl (C=O) groups excluding carboxylic acids is 1. The fraction of sp³-hybridized carbons (Fsp3) is 0.375. The number of hydrogen-bond acceptors (Lipinski definition) is 4. The Hall–Kier alpha value is -2.59. The Bertz CT molecular complexity index is 783. The summed E-state index contributed by atoms with van der Waals surface area (Å²) in [4.78, 5) is 12.0. The van der Waals surface area contributed by atoms with E-state index in [1.807, 2.05) is 6.92 Å². The van der Waals surface area contributed by atoms with Crippen LogP contribution in [0.5, 0.6) is 0 Å². The number of carbonyl (C=O) groups is 1. The van der Waals surface area contributed by atoms with Crippen molar-refractivity contribution in [1.29, 1.82) is 5.26 Å². The number of halogens is 1. The zero-order chi connectivity index (χ0) is 17.5. The second-order valence-corrected chi connectivity index (χ2v) is 5.70. The number of anilines is 1. The van der Waals surface area contributed by atoms with Crippen LogP contribution in [0.3, 0.4) is 0 Å². The molecule has 1 N–H and O–H groups in total. The number of amides is 1. The number of aryl methyl sites for hydroxylation is 3. The molecule has 0 saturated heterocycles. The lowest BCUT2D eigenvalue weighted by molar-refractivity contribution is -0.111. The summed E-state index contributed by atoms with van der Waals surface area (Å²) in [5.74, 6) is -0.265.